The Balaban J connectivity index is 3.11. The van der Waals surface area contributed by atoms with Crippen molar-refractivity contribution in [2.45, 2.75) is 26.3 Å². The van der Waals surface area contributed by atoms with E-state index in [-0.39, 0.29) is 0 Å². The van der Waals surface area contributed by atoms with Crippen molar-refractivity contribution >= 4 is 22.6 Å². The van der Waals surface area contributed by atoms with Crippen LogP contribution in [0.5, 0.6) is 0 Å². The van der Waals surface area contributed by atoms with E-state index in [1.54, 1.807) is 0 Å². The lowest BCUT2D eigenvalue weighted by Crippen LogP contribution is -2.36. The molecule has 0 aromatic rings. The molecule has 8 heavy (non-hydrogen) atoms. The highest BCUT2D eigenvalue weighted by molar-refractivity contribution is 14.1. The number of hydrogen-bond donors (Lipinski definition) is 1. The monoisotopic (exact) mass is 227 g/mol. The highest BCUT2D eigenvalue weighted by Gasteiger charge is 2.05. The molecule has 0 rings (SSSR count). The van der Waals surface area contributed by atoms with Gasteiger partial charge in [0.25, 0.3) is 0 Å². The lowest BCUT2D eigenvalue weighted by molar-refractivity contribution is 0.442. The zero-order valence-electron chi connectivity index (χ0n) is 5.79. The van der Waals surface area contributed by atoms with E-state index in [4.69, 9.17) is 0 Å². The molecule has 0 unspecified atom stereocenters. The van der Waals surface area contributed by atoms with Gasteiger partial charge >= 0.3 is 0 Å². The van der Waals surface area contributed by atoms with Crippen molar-refractivity contribution in [2.75, 3.05) is 11.0 Å². The van der Waals surface area contributed by atoms with Gasteiger partial charge in [0.15, 0.2) is 0 Å². The molecule has 0 heterocycles. The van der Waals surface area contributed by atoms with Crippen LogP contribution < -0.4 is 5.32 Å². The van der Waals surface area contributed by atoms with Gasteiger partial charge in [0.2, 0.25) is 0 Å². The van der Waals surface area contributed by atoms with Gasteiger partial charge in [-0.3, -0.25) is 0 Å². The van der Waals surface area contributed by atoms with Crippen molar-refractivity contribution in [1.82, 2.24) is 5.32 Å². The van der Waals surface area contributed by atoms with Gasteiger partial charge in [-0.2, -0.15) is 0 Å². The first-order valence-corrected chi connectivity index (χ1v) is 4.40. The van der Waals surface area contributed by atoms with Crippen LogP contribution in [0, 0.1) is 0 Å². The molecule has 0 amide bonds. The summed E-state index contributed by atoms with van der Waals surface area (Å²) < 4.78 is 1.19. The van der Waals surface area contributed by atoms with Crippen molar-refractivity contribution in [1.29, 1.82) is 0 Å². The topological polar surface area (TPSA) is 12.0 Å². The molecule has 0 aliphatic rings. The summed E-state index contributed by atoms with van der Waals surface area (Å²) in [4.78, 5) is 0. The molecule has 2 heteroatoms. The highest BCUT2D eigenvalue weighted by Crippen LogP contribution is 1.97. The Morgan fingerprint density at radius 2 is 1.88 bits per heavy atom. The van der Waals surface area contributed by atoms with Crippen LogP contribution in [0.1, 0.15) is 20.8 Å². The average molecular weight is 227 g/mol. The number of hydrogen-bond acceptors (Lipinski definition) is 1. The minimum Gasteiger partial charge on any atom is -0.311 e. The van der Waals surface area contributed by atoms with E-state index in [1.807, 2.05) is 0 Å². The minimum absolute atomic E-state index is 0.297. The van der Waals surface area contributed by atoms with E-state index in [9.17, 15) is 0 Å². The Bertz CT molecular complexity index is 56.0. The van der Waals surface area contributed by atoms with Gasteiger partial charge in [0.05, 0.1) is 0 Å². The lowest BCUT2D eigenvalue weighted by Gasteiger charge is -2.19. The zero-order chi connectivity index (χ0) is 6.62. The molecular weight excluding hydrogens is 213 g/mol. The van der Waals surface area contributed by atoms with Gasteiger partial charge in [-0.25, -0.2) is 0 Å². The zero-order valence-corrected chi connectivity index (χ0v) is 7.95. The second kappa shape index (κ2) is 3.67. The van der Waals surface area contributed by atoms with Crippen molar-refractivity contribution in [3.8, 4) is 0 Å². The lowest BCUT2D eigenvalue weighted by atomic mass is 10.1. The maximum atomic E-state index is 3.36. The van der Waals surface area contributed by atoms with Crippen LogP contribution in [-0.2, 0) is 0 Å². The molecule has 0 aliphatic heterocycles. The Morgan fingerprint density at radius 3 is 2.00 bits per heavy atom. The minimum atomic E-state index is 0.297. The Morgan fingerprint density at radius 1 is 1.38 bits per heavy atom. The first kappa shape index (κ1) is 8.69. The van der Waals surface area contributed by atoms with E-state index in [1.165, 1.54) is 4.43 Å². The van der Waals surface area contributed by atoms with E-state index in [0.29, 0.717) is 5.54 Å². The van der Waals surface area contributed by atoms with E-state index < -0.39 is 0 Å². The quantitative estimate of drug-likeness (QED) is 0.560. The molecule has 0 radical (unpaired) electrons. The van der Waals surface area contributed by atoms with E-state index >= 15 is 0 Å². The second-order valence-corrected chi connectivity index (χ2v) is 3.94. The fourth-order valence-electron chi connectivity index (χ4n) is 0.422. The van der Waals surface area contributed by atoms with Gasteiger partial charge in [-0.1, -0.05) is 22.6 Å². The maximum Gasteiger partial charge on any atom is 0.0121 e. The summed E-state index contributed by atoms with van der Waals surface area (Å²) in [5.41, 5.74) is 0.297. The van der Waals surface area contributed by atoms with Gasteiger partial charge in [-0.15, -0.1) is 0 Å². The molecule has 0 bridgehead atoms. The number of nitrogens with one attached hydrogen (secondary N) is 1. The number of halogens is 1. The van der Waals surface area contributed by atoms with Crippen LogP contribution >= 0.6 is 22.6 Å². The third-order valence-electron chi connectivity index (χ3n) is 0.750. The third-order valence-corrected chi connectivity index (χ3v) is 1.29. The highest BCUT2D eigenvalue weighted by atomic mass is 127. The molecular formula is C6H14IN. The molecule has 0 saturated heterocycles. The summed E-state index contributed by atoms with van der Waals surface area (Å²) in [7, 11) is 0. The van der Waals surface area contributed by atoms with Crippen molar-refractivity contribution < 1.29 is 0 Å². The van der Waals surface area contributed by atoms with Gasteiger partial charge in [0, 0.05) is 16.5 Å². The molecule has 0 fully saturated rings. The van der Waals surface area contributed by atoms with Crippen molar-refractivity contribution in [3.05, 3.63) is 0 Å². The fourth-order valence-corrected chi connectivity index (χ4v) is 0.692. The van der Waals surface area contributed by atoms with Crippen LogP contribution in [0.15, 0.2) is 0 Å². The first-order valence-electron chi connectivity index (χ1n) is 2.87. The summed E-state index contributed by atoms with van der Waals surface area (Å²) in [6.45, 7) is 7.65. The normalized spacial score (nSPS) is 12.0. The molecule has 0 saturated carbocycles. The van der Waals surface area contributed by atoms with Crippen LogP contribution in [0.3, 0.4) is 0 Å². The number of rotatable bonds is 2. The Kier molecular flexibility index (Phi) is 3.98. The smallest absolute Gasteiger partial charge is 0.0121 e. The maximum absolute atomic E-state index is 3.36. The average Bonchev–Trinajstić information content (AvgIpc) is 1.59. The molecule has 0 aliphatic carbocycles. The molecule has 0 aromatic carbocycles. The molecule has 1 N–H and O–H groups in total. The van der Waals surface area contributed by atoms with Crippen molar-refractivity contribution in [3.63, 3.8) is 0 Å². The molecule has 50 valence electrons. The molecule has 1 nitrogen and oxygen atoms in total. The predicted molar refractivity (Wildman–Crippen MR) is 46.6 cm³/mol. The first-order chi connectivity index (χ1) is 3.56. The predicted octanol–water partition coefficient (Wildman–Crippen LogP) is 1.81. The van der Waals surface area contributed by atoms with Crippen LogP contribution in [-0.4, -0.2) is 16.5 Å². The SMILES string of the molecule is CC(C)(C)NCCI. The largest absolute Gasteiger partial charge is 0.311 e. The Labute approximate surface area is 65.4 Å². The van der Waals surface area contributed by atoms with Crippen molar-refractivity contribution in [2.24, 2.45) is 0 Å². The number of alkyl halides is 1. The summed E-state index contributed by atoms with van der Waals surface area (Å²) in [5.74, 6) is 0. The van der Waals surface area contributed by atoms with Crippen LogP contribution in [0.2, 0.25) is 0 Å². The summed E-state index contributed by atoms with van der Waals surface area (Å²) in [6.07, 6.45) is 0. The van der Waals surface area contributed by atoms with Gasteiger partial charge in [0.1, 0.15) is 0 Å². The third kappa shape index (κ3) is 6.69. The Hall–Kier alpha value is 0.690. The van der Waals surface area contributed by atoms with Gasteiger partial charge in [-0.05, 0) is 20.8 Å². The summed E-state index contributed by atoms with van der Waals surface area (Å²) >= 11 is 2.36. The second-order valence-electron chi connectivity index (χ2n) is 2.87. The van der Waals surface area contributed by atoms with Gasteiger partial charge < -0.3 is 5.32 Å². The fraction of sp³-hybridized carbons (Fsp3) is 1.00. The standard InChI is InChI=1S/C6H14IN/c1-6(2,3)8-5-4-7/h8H,4-5H2,1-3H3. The van der Waals surface area contributed by atoms with Crippen LogP contribution in [0.4, 0.5) is 0 Å². The van der Waals surface area contributed by atoms with E-state index in [2.05, 4.69) is 48.7 Å². The van der Waals surface area contributed by atoms with Crippen LogP contribution in [0.25, 0.3) is 0 Å². The molecule has 0 atom stereocenters. The summed E-state index contributed by atoms with van der Waals surface area (Å²) in [6, 6.07) is 0. The summed E-state index contributed by atoms with van der Waals surface area (Å²) in [5, 5.41) is 3.36. The molecule has 0 spiro atoms. The molecule has 0 aromatic heterocycles. The van der Waals surface area contributed by atoms with E-state index in [0.717, 1.165) is 6.54 Å².